The van der Waals surface area contributed by atoms with E-state index in [9.17, 15) is 10.5 Å². The quantitative estimate of drug-likeness (QED) is 0.159. The SMILES string of the molecule is [C-]#[N+]c1cc(-c2nc(-c3ccccc3)nc(-c3ccc(-n4c5ccccc5c5c6c(ccc54)oc4ccccc46)c(C#N)c3)c2C#N)ccc1-n1c2ccccc2c2c3c(ccc21)oc1ccccc13. The predicted molar refractivity (Wildman–Crippen MR) is 277 cm³/mol. The molecule has 0 spiro atoms. The summed E-state index contributed by atoms with van der Waals surface area (Å²) < 4.78 is 16.9. The van der Waals surface area contributed by atoms with Crippen LogP contribution in [0, 0.1) is 29.2 Å². The van der Waals surface area contributed by atoms with Gasteiger partial charge in [-0.1, -0.05) is 115 Å². The fraction of sp³-hybridized carbons (Fsp3) is 0. The average molecular weight is 894 g/mol. The third-order valence-corrected chi connectivity index (χ3v) is 13.6. The van der Waals surface area contributed by atoms with Crippen molar-refractivity contribution in [2.45, 2.75) is 0 Å². The Hall–Kier alpha value is -10.3. The van der Waals surface area contributed by atoms with Crippen LogP contribution in [0.15, 0.2) is 197 Å². The van der Waals surface area contributed by atoms with Crippen molar-refractivity contribution >= 4 is 93.2 Å². The second-order valence-electron chi connectivity index (χ2n) is 17.3. The van der Waals surface area contributed by atoms with Gasteiger partial charge in [-0.25, -0.2) is 14.8 Å². The number of benzene rings is 9. The molecule has 0 saturated carbocycles. The van der Waals surface area contributed by atoms with Crippen LogP contribution in [0.4, 0.5) is 5.69 Å². The van der Waals surface area contributed by atoms with Crippen molar-refractivity contribution in [2.75, 3.05) is 0 Å². The Kier molecular flexibility index (Phi) is 8.27. The summed E-state index contributed by atoms with van der Waals surface area (Å²) in [6.07, 6.45) is 0. The van der Waals surface area contributed by atoms with Gasteiger partial charge in [0.15, 0.2) is 5.82 Å². The molecule has 0 aliphatic heterocycles. The fourth-order valence-corrected chi connectivity index (χ4v) is 10.7. The number of furan rings is 2. The summed E-state index contributed by atoms with van der Waals surface area (Å²) in [6, 6.07) is 66.5. The molecular weight excluding hydrogens is 863 g/mol. The Morgan fingerprint density at radius 1 is 0.429 bits per heavy atom. The van der Waals surface area contributed by atoms with Gasteiger partial charge in [0.05, 0.1) is 57.0 Å². The lowest BCUT2D eigenvalue weighted by atomic mass is 9.98. The number of nitrogens with zero attached hydrogens (tertiary/aromatic N) is 7. The van der Waals surface area contributed by atoms with Crippen molar-refractivity contribution in [3.63, 3.8) is 0 Å². The third kappa shape index (κ3) is 5.50. The summed E-state index contributed by atoms with van der Waals surface area (Å²) in [6.45, 7) is 8.58. The molecule has 9 aromatic carbocycles. The highest BCUT2D eigenvalue weighted by Gasteiger charge is 2.25. The van der Waals surface area contributed by atoms with Gasteiger partial charge in [-0.3, -0.25) is 0 Å². The molecule has 0 radical (unpaired) electrons. The molecule has 5 heterocycles. The molecule has 14 rings (SSSR count). The number of rotatable bonds is 5. The van der Waals surface area contributed by atoms with E-state index in [4.69, 9.17) is 25.4 Å². The Morgan fingerprint density at radius 3 is 1.49 bits per heavy atom. The molecule has 0 amide bonds. The standard InChI is InChI=1S/C61H31N7O2/c1-64-44-32-37(24-26-48(44)68-47-20-10-6-16-40(47)56-50(68)28-30-54-58(56)42-18-8-12-22-52(42)70-54)60-43(34-63)59(65-61(66-60)35-13-3-2-4-14-35)36-23-25-45(38(31-36)33-62)67-46-19-9-5-15-39(46)55-49(67)27-29-53-57(55)41-17-7-11-21-51(41)69-53/h2-32H. The summed E-state index contributed by atoms with van der Waals surface area (Å²) in [4.78, 5) is 14.3. The van der Waals surface area contributed by atoms with Gasteiger partial charge in [0.2, 0.25) is 5.69 Å². The summed E-state index contributed by atoms with van der Waals surface area (Å²) in [5.41, 5.74) is 12.0. The molecule has 0 N–H and O–H groups in total. The molecule has 0 unspecified atom stereocenters. The number of para-hydroxylation sites is 4. The summed E-state index contributed by atoms with van der Waals surface area (Å²) >= 11 is 0. The van der Waals surface area contributed by atoms with Gasteiger partial charge in [0, 0.05) is 54.2 Å². The van der Waals surface area contributed by atoms with Crippen LogP contribution in [0.1, 0.15) is 11.1 Å². The molecule has 0 aliphatic rings. The van der Waals surface area contributed by atoms with Crippen molar-refractivity contribution in [1.82, 2.24) is 19.1 Å². The molecule has 70 heavy (non-hydrogen) atoms. The molecule has 0 atom stereocenters. The Balaban J connectivity index is 0.958. The van der Waals surface area contributed by atoms with Crippen LogP contribution in [-0.4, -0.2) is 19.1 Å². The highest BCUT2D eigenvalue weighted by atomic mass is 16.3. The van der Waals surface area contributed by atoms with Gasteiger partial charge in [-0.15, -0.1) is 0 Å². The van der Waals surface area contributed by atoms with E-state index in [1.165, 1.54) is 0 Å². The number of aromatic nitrogens is 4. The first-order chi connectivity index (χ1) is 34.6. The van der Waals surface area contributed by atoms with Crippen molar-refractivity contribution in [2.24, 2.45) is 0 Å². The second-order valence-corrected chi connectivity index (χ2v) is 17.3. The maximum absolute atomic E-state index is 11.1. The first kappa shape index (κ1) is 38.9. The minimum atomic E-state index is 0.220. The van der Waals surface area contributed by atoms with E-state index in [2.05, 4.69) is 74.6 Å². The van der Waals surface area contributed by atoms with Gasteiger partial charge in [-0.05, 0) is 78.4 Å². The lowest BCUT2D eigenvalue weighted by Gasteiger charge is -2.16. The number of hydrogen-bond acceptors (Lipinski definition) is 6. The van der Waals surface area contributed by atoms with E-state index in [0.29, 0.717) is 51.0 Å². The molecule has 14 aromatic rings. The lowest BCUT2D eigenvalue weighted by molar-refractivity contribution is 0.669. The summed E-state index contributed by atoms with van der Waals surface area (Å²) in [5.74, 6) is 0.401. The van der Waals surface area contributed by atoms with Crippen LogP contribution in [0.3, 0.4) is 0 Å². The van der Waals surface area contributed by atoms with Gasteiger partial charge in [0.25, 0.3) is 0 Å². The van der Waals surface area contributed by atoms with Crippen molar-refractivity contribution < 1.29 is 8.83 Å². The van der Waals surface area contributed by atoms with Gasteiger partial charge in [-0.2, -0.15) is 10.5 Å². The molecule has 0 bridgehead atoms. The zero-order valence-electron chi connectivity index (χ0n) is 36.8. The van der Waals surface area contributed by atoms with E-state index in [1.54, 1.807) is 6.07 Å². The highest BCUT2D eigenvalue weighted by Crippen LogP contribution is 2.45. The number of hydrogen-bond donors (Lipinski definition) is 0. The van der Waals surface area contributed by atoms with Gasteiger partial charge < -0.3 is 18.0 Å². The van der Waals surface area contributed by atoms with Crippen LogP contribution in [0.2, 0.25) is 0 Å². The Morgan fingerprint density at radius 2 is 0.929 bits per heavy atom. The molecular formula is C61H31N7O2. The maximum Gasteiger partial charge on any atom is 0.211 e. The molecule has 322 valence electrons. The minimum Gasteiger partial charge on any atom is -0.456 e. The first-order valence-corrected chi connectivity index (χ1v) is 22.7. The van der Waals surface area contributed by atoms with E-state index in [0.717, 1.165) is 93.1 Å². The maximum atomic E-state index is 11.1. The lowest BCUT2D eigenvalue weighted by Crippen LogP contribution is -2.03. The van der Waals surface area contributed by atoms with E-state index >= 15 is 0 Å². The Labute approximate surface area is 398 Å². The van der Waals surface area contributed by atoms with Crippen molar-refractivity contribution in [3.05, 3.63) is 211 Å². The fourth-order valence-electron chi connectivity index (χ4n) is 10.7. The van der Waals surface area contributed by atoms with Crippen LogP contribution in [-0.2, 0) is 0 Å². The van der Waals surface area contributed by atoms with Crippen LogP contribution in [0.25, 0.3) is 138 Å². The molecule has 0 saturated heterocycles. The number of fused-ring (bicyclic) bond motifs is 14. The van der Waals surface area contributed by atoms with Crippen molar-refractivity contribution in [3.8, 4) is 57.4 Å². The molecule has 9 nitrogen and oxygen atoms in total. The molecule has 5 aromatic heterocycles. The number of nitriles is 2. The van der Waals surface area contributed by atoms with Gasteiger partial charge in [0.1, 0.15) is 40.0 Å². The summed E-state index contributed by atoms with van der Waals surface area (Å²) in [5, 5.41) is 30.4. The zero-order chi connectivity index (χ0) is 46.6. The minimum absolute atomic E-state index is 0.220. The Bertz CT molecular complexity index is 4430. The molecule has 0 fully saturated rings. The highest BCUT2D eigenvalue weighted by molar-refractivity contribution is 6.28. The van der Waals surface area contributed by atoms with Crippen molar-refractivity contribution in [1.29, 1.82) is 10.5 Å². The molecule has 9 heteroatoms. The van der Waals surface area contributed by atoms with Crippen LogP contribution in [0.5, 0.6) is 0 Å². The van der Waals surface area contributed by atoms with Crippen LogP contribution < -0.4 is 0 Å². The second kappa shape index (κ2) is 14.9. The zero-order valence-corrected chi connectivity index (χ0v) is 36.8. The smallest absolute Gasteiger partial charge is 0.211 e. The van der Waals surface area contributed by atoms with Crippen LogP contribution >= 0.6 is 0 Å². The summed E-state index contributed by atoms with van der Waals surface area (Å²) in [7, 11) is 0. The van der Waals surface area contributed by atoms with Gasteiger partial charge >= 0.3 is 0 Å². The van der Waals surface area contributed by atoms with E-state index < -0.39 is 0 Å². The largest absolute Gasteiger partial charge is 0.456 e. The normalized spacial score (nSPS) is 11.7. The molecule has 0 aliphatic carbocycles. The monoisotopic (exact) mass is 893 g/mol. The average Bonchev–Trinajstić information content (AvgIpc) is 4.18. The third-order valence-electron chi connectivity index (χ3n) is 13.6. The predicted octanol–water partition coefficient (Wildman–Crippen LogP) is 15.8. The topological polar surface area (TPSA) is 114 Å². The van der Waals surface area contributed by atoms with E-state index in [-0.39, 0.29) is 5.56 Å². The first-order valence-electron chi connectivity index (χ1n) is 22.7. The van der Waals surface area contributed by atoms with E-state index in [1.807, 2.05) is 133 Å².